The van der Waals surface area contributed by atoms with Crippen molar-refractivity contribution >= 4 is 28.3 Å². The van der Waals surface area contributed by atoms with Gasteiger partial charge < -0.3 is 20.5 Å². The average molecular weight is 559 g/mol. The van der Waals surface area contributed by atoms with Crippen LogP contribution in [0.15, 0.2) is 54.6 Å². The summed E-state index contributed by atoms with van der Waals surface area (Å²) >= 11 is 0. The fraction of sp³-hybridized carbons (Fsp3) is 0.469. The van der Waals surface area contributed by atoms with Crippen molar-refractivity contribution in [2.75, 3.05) is 20.1 Å². The molecule has 2 aliphatic heterocycles. The zero-order valence-corrected chi connectivity index (χ0v) is 23.8. The van der Waals surface area contributed by atoms with Crippen molar-refractivity contribution in [2.45, 2.75) is 70.1 Å². The average Bonchev–Trinajstić information content (AvgIpc) is 3.71. The van der Waals surface area contributed by atoms with Crippen molar-refractivity contribution in [3.05, 3.63) is 71.6 Å². The lowest BCUT2D eigenvalue weighted by Crippen LogP contribution is -2.55. The molecule has 0 spiro atoms. The Hall–Kier alpha value is -3.56. The number of likely N-dealkylation sites (tertiary alicyclic amines) is 1. The first kappa shape index (κ1) is 27.6. The van der Waals surface area contributed by atoms with Crippen molar-refractivity contribution in [3.8, 4) is 0 Å². The van der Waals surface area contributed by atoms with E-state index in [1.54, 1.807) is 7.05 Å². The molecule has 2 aromatic heterocycles. The van der Waals surface area contributed by atoms with Crippen molar-refractivity contribution in [1.29, 1.82) is 0 Å². The number of aromatic amines is 1. The van der Waals surface area contributed by atoms with Crippen molar-refractivity contribution in [1.82, 2.24) is 30.4 Å². The maximum atomic E-state index is 14.5. The molecule has 8 nitrogen and oxygen atoms in total. The van der Waals surface area contributed by atoms with Gasteiger partial charge in [-0.15, -0.1) is 0 Å². The smallest absolute Gasteiger partial charge is 0.249 e. The predicted molar refractivity (Wildman–Crippen MR) is 157 cm³/mol. The number of amides is 2. The highest BCUT2D eigenvalue weighted by molar-refractivity contribution is 5.97. The normalized spacial score (nSPS) is 21.3. The molecule has 41 heavy (non-hydrogen) atoms. The maximum Gasteiger partial charge on any atom is 0.249 e. The molecule has 3 atom stereocenters. The van der Waals surface area contributed by atoms with Gasteiger partial charge in [0.25, 0.3) is 0 Å². The summed E-state index contributed by atoms with van der Waals surface area (Å²) in [4.78, 5) is 39.3. The Morgan fingerprint density at radius 3 is 2.66 bits per heavy atom. The fourth-order valence-corrected chi connectivity index (χ4v) is 6.92. The number of rotatable bonds is 8. The Balaban J connectivity index is 1.38. The second-order valence-corrected chi connectivity index (χ2v) is 11.7. The Morgan fingerprint density at radius 2 is 1.90 bits per heavy atom. The molecule has 0 radical (unpaired) electrons. The van der Waals surface area contributed by atoms with E-state index in [0.717, 1.165) is 66.4 Å². The summed E-state index contributed by atoms with van der Waals surface area (Å²) < 4.78 is 14.0. The standard InChI is InChI=1S/C32H39FN6O2/c1-20(34-2)31(40)37-29(22-6-4-3-5-7-22)32(41)39-15-12-28-30(39)26(19-38(28)18-21-10-13-35-14-11-21)25-17-36-27-16-23(33)8-9-24(25)27/h8-11,13-14,16-17,20,22,28-29,34,36H,3-7,12,15,18-19H2,1-2H3,(H,37,40). The van der Waals surface area contributed by atoms with Crippen LogP contribution < -0.4 is 10.6 Å². The van der Waals surface area contributed by atoms with Crippen LogP contribution in [0.1, 0.15) is 56.6 Å². The molecule has 2 fully saturated rings. The van der Waals surface area contributed by atoms with Crippen LogP contribution in [0, 0.1) is 11.7 Å². The van der Waals surface area contributed by atoms with Gasteiger partial charge in [-0.3, -0.25) is 19.5 Å². The lowest BCUT2D eigenvalue weighted by molar-refractivity contribution is -0.136. The number of benzene rings is 1. The number of fused-ring (bicyclic) bond motifs is 2. The van der Waals surface area contributed by atoms with Gasteiger partial charge in [-0.1, -0.05) is 19.3 Å². The first-order chi connectivity index (χ1) is 19.9. The van der Waals surface area contributed by atoms with Crippen LogP contribution in [0.2, 0.25) is 0 Å². The van der Waals surface area contributed by atoms with E-state index in [4.69, 9.17) is 0 Å². The summed E-state index contributed by atoms with van der Waals surface area (Å²) in [5.41, 5.74) is 5.01. The predicted octanol–water partition coefficient (Wildman–Crippen LogP) is 4.20. The van der Waals surface area contributed by atoms with Crippen LogP contribution in [-0.4, -0.2) is 69.8 Å². The molecule has 3 N–H and O–H groups in total. The van der Waals surface area contributed by atoms with Gasteiger partial charge in [0.2, 0.25) is 11.8 Å². The minimum absolute atomic E-state index is 0.0137. The molecule has 4 heterocycles. The van der Waals surface area contributed by atoms with E-state index in [-0.39, 0.29) is 35.6 Å². The molecule has 1 aliphatic carbocycles. The third kappa shape index (κ3) is 5.40. The molecule has 6 rings (SSSR count). The molecule has 1 aromatic carbocycles. The van der Waals surface area contributed by atoms with Crippen molar-refractivity contribution in [2.24, 2.45) is 5.92 Å². The highest BCUT2D eigenvalue weighted by Gasteiger charge is 2.46. The van der Waals surface area contributed by atoms with E-state index in [2.05, 4.69) is 25.5 Å². The molecule has 9 heteroatoms. The monoisotopic (exact) mass is 558 g/mol. The SMILES string of the molecule is CNC(C)C(=O)NC(C(=O)N1CCC2C1=C(c1c[nH]c3cc(F)ccc13)CN2Cc1ccncc1)C1CCCCC1. The molecule has 216 valence electrons. The van der Waals surface area contributed by atoms with Gasteiger partial charge in [-0.2, -0.15) is 0 Å². The van der Waals surface area contributed by atoms with E-state index in [0.29, 0.717) is 13.1 Å². The Morgan fingerprint density at radius 1 is 1.12 bits per heavy atom. The van der Waals surface area contributed by atoms with Crippen molar-refractivity contribution < 1.29 is 14.0 Å². The third-order valence-corrected chi connectivity index (χ3v) is 9.23. The first-order valence-corrected chi connectivity index (χ1v) is 14.9. The molecule has 1 saturated heterocycles. The molecule has 1 saturated carbocycles. The number of pyridine rings is 1. The van der Waals surface area contributed by atoms with E-state index >= 15 is 0 Å². The molecule has 3 unspecified atom stereocenters. The van der Waals surface area contributed by atoms with E-state index in [1.807, 2.05) is 48.6 Å². The van der Waals surface area contributed by atoms with Crippen LogP contribution >= 0.6 is 0 Å². The number of halogens is 1. The van der Waals surface area contributed by atoms with Gasteiger partial charge >= 0.3 is 0 Å². The number of hydrogen-bond donors (Lipinski definition) is 3. The van der Waals surface area contributed by atoms with Gasteiger partial charge in [0.1, 0.15) is 11.9 Å². The molecule has 0 bridgehead atoms. The second kappa shape index (κ2) is 11.7. The topological polar surface area (TPSA) is 93.4 Å². The largest absolute Gasteiger partial charge is 0.360 e. The van der Waals surface area contributed by atoms with E-state index < -0.39 is 6.04 Å². The van der Waals surface area contributed by atoms with E-state index in [1.165, 1.54) is 24.1 Å². The molecule has 2 amide bonds. The van der Waals surface area contributed by atoms with Crippen LogP contribution in [-0.2, 0) is 16.1 Å². The summed E-state index contributed by atoms with van der Waals surface area (Å²) in [6, 6.07) is 8.01. The second-order valence-electron chi connectivity index (χ2n) is 11.7. The molecule has 3 aromatic rings. The van der Waals surface area contributed by atoms with Gasteiger partial charge in [0.05, 0.1) is 12.1 Å². The van der Waals surface area contributed by atoms with Crippen molar-refractivity contribution in [3.63, 3.8) is 0 Å². The minimum atomic E-state index is -0.558. The summed E-state index contributed by atoms with van der Waals surface area (Å²) in [6.07, 6.45) is 11.6. The van der Waals surface area contributed by atoms with E-state index in [9.17, 15) is 14.0 Å². The number of nitrogens with one attached hydrogen (secondary N) is 3. The maximum absolute atomic E-state index is 14.5. The summed E-state index contributed by atoms with van der Waals surface area (Å²) in [7, 11) is 1.76. The molecular weight excluding hydrogens is 519 g/mol. The zero-order valence-electron chi connectivity index (χ0n) is 23.8. The van der Waals surface area contributed by atoms with Gasteiger partial charge in [0, 0.05) is 60.4 Å². The van der Waals surface area contributed by atoms with Crippen LogP contribution in [0.3, 0.4) is 0 Å². The number of H-pyrrole nitrogens is 1. The molecule has 3 aliphatic rings. The number of nitrogens with zero attached hydrogens (tertiary/aromatic N) is 3. The minimum Gasteiger partial charge on any atom is -0.360 e. The van der Waals surface area contributed by atoms with Crippen LogP contribution in [0.25, 0.3) is 16.5 Å². The highest BCUT2D eigenvalue weighted by Crippen LogP contribution is 2.43. The number of carbonyl (C=O) groups excluding carboxylic acids is 2. The molecular formula is C32H39FN6O2. The number of aromatic nitrogens is 2. The zero-order chi connectivity index (χ0) is 28.5. The summed E-state index contributed by atoms with van der Waals surface area (Å²) in [5, 5.41) is 7.10. The van der Waals surface area contributed by atoms with Gasteiger partial charge in [0.15, 0.2) is 0 Å². The van der Waals surface area contributed by atoms with Gasteiger partial charge in [-0.25, -0.2) is 4.39 Å². The number of likely N-dealkylation sites (N-methyl/N-ethyl adjacent to an activating group) is 1. The van der Waals surface area contributed by atoms with Gasteiger partial charge in [-0.05, 0) is 80.6 Å². The summed E-state index contributed by atoms with van der Waals surface area (Å²) in [5.74, 6) is -0.324. The van der Waals surface area contributed by atoms with Crippen LogP contribution in [0.4, 0.5) is 4.39 Å². The Kier molecular flexibility index (Phi) is 7.90. The summed E-state index contributed by atoms with van der Waals surface area (Å²) in [6.45, 7) is 3.83. The lowest BCUT2D eigenvalue weighted by Gasteiger charge is -2.34. The number of hydrogen-bond acceptors (Lipinski definition) is 5. The van der Waals surface area contributed by atoms with Crippen LogP contribution in [0.5, 0.6) is 0 Å². The fourth-order valence-electron chi connectivity index (χ4n) is 6.92. The number of carbonyl (C=O) groups is 2. The quantitative estimate of drug-likeness (QED) is 0.385. The third-order valence-electron chi connectivity index (χ3n) is 9.23. The first-order valence-electron chi connectivity index (χ1n) is 14.9. The Bertz CT molecular complexity index is 1450. The highest BCUT2D eigenvalue weighted by atomic mass is 19.1. The Labute approximate surface area is 240 Å². The lowest BCUT2D eigenvalue weighted by atomic mass is 9.83.